The van der Waals surface area contributed by atoms with E-state index in [1.165, 1.54) is 10.4 Å². The molecule has 0 aromatic heterocycles. The van der Waals surface area contributed by atoms with Gasteiger partial charge >= 0.3 is 5.97 Å². The second-order valence-electron chi connectivity index (χ2n) is 5.29. The SMILES string of the molecule is COC(C)(C(=O)O)C(=O)Nc1cccc(N2CCCS2(=O)=O)c1. The highest BCUT2D eigenvalue weighted by atomic mass is 32.2. The Morgan fingerprint density at radius 3 is 2.61 bits per heavy atom. The van der Waals surface area contributed by atoms with Crippen LogP contribution in [0.25, 0.3) is 0 Å². The molecule has 1 aliphatic rings. The summed E-state index contributed by atoms with van der Waals surface area (Å²) in [4.78, 5) is 23.3. The molecule has 1 amide bonds. The molecule has 8 nitrogen and oxygen atoms in total. The number of amides is 1. The molecule has 126 valence electrons. The highest BCUT2D eigenvalue weighted by Crippen LogP contribution is 2.27. The summed E-state index contributed by atoms with van der Waals surface area (Å²) in [7, 11) is -2.20. The molecule has 2 rings (SSSR count). The molecule has 2 N–H and O–H groups in total. The summed E-state index contributed by atoms with van der Waals surface area (Å²) in [5.41, 5.74) is -1.32. The van der Waals surface area contributed by atoms with Crippen molar-refractivity contribution in [3.05, 3.63) is 24.3 Å². The van der Waals surface area contributed by atoms with Crippen LogP contribution in [0.15, 0.2) is 24.3 Å². The lowest BCUT2D eigenvalue weighted by atomic mass is 10.1. The van der Waals surface area contributed by atoms with E-state index in [1.807, 2.05) is 0 Å². The number of rotatable bonds is 5. The van der Waals surface area contributed by atoms with Crippen molar-refractivity contribution in [2.75, 3.05) is 29.0 Å². The largest absolute Gasteiger partial charge is 0.479 e. The van der Waals surface area contributed by atoms with Crippen molar-refractivity contribution in [1.29, 1.82) is 0 Å². The number of benzene rings is 1. The molecule has 0 radical (unpaired) electrons. The van der Waals surface area contributed by atoms with Crippen molar-refractivity contribution in [1.82, 2.24) is 0 Å². The van der Waals surface area contributed by atoms with Crippen LogP contribution in [0.3, 0.4) is 0 Å². The number of carbonyl (C=O) groups excluding carboxylic acids is 1. The first-order valence-electron chi connectivity index (χ1n) is 6.91. The molecule has 1 aromatic rings. The number of hydrogen-bond donors (Lipinski definition) is 2. The number of carboxylic acids is 1. The average Bonchev–Trinajstić information content (AvgIpc) is 2.85. The molecule has 0 bridgehead atoms. The minimum Gasteiger partial charge on any atom is -0.479 e. The van der Waals surface area contributed by atoms with Crippen LogP contribution in [0.2, 0.25) is 0 Å². The monoisotopic (exact) mass is 342 g/mol. The van der Waals surface area contributed by atoms with Crippen molar-refractivity contribution in [2.45, 2.75) is 18.9 Å². The molecule has 23 heavy (non-hydrogen) atoms. The van der Waals surface area contributed by atoms with Gasteiger partial charge in [-0.25, -0.2) is 13.2 Å². The van der Waals surface area contributed by atoms with Gasteiger partial charge in [-0.3, -0.25) is 9.10 Å². The lowest BCUT2D eigenvalue weighted by molar-refractivity contribution is -0.165. The molecule has 1 atom stereocenters. The highest BCUT2D eigenvalue weighted by Gasteiger charge is 2.41. The van der Waals surface area contributed by atoms with E-state index in [0.717, 1.165) is 14.0 Å². The first kappa shape index (κ1) is 17.2. The molecule has 0 saturated carbocycles. The zero-order chi connectivity index (χ0) is 17.3. The summed E-state index contributed by atoms with van der Waals surface area (Å²) in [6.07, 6.45) is 0.541. The summed E-state index contributed by atoms with van der Waals surface area (Å²) < 4.78 is 29.9. The Balaban J connectivity index is 2.24. The van der Waals surface area contributed by atoms with E-state index in [9.17, 15) is 18.0 Å². The highest BCUT2D eigenvalue weighted by molar-refractivity contribution is 7.93. The van der Waals surface area contributed by atoms with E-state index in [0.29, 0.717) is 24.3 Å². The van der Waals surface area contributed by atoms with Gasteiger partial charge < -0.3 is 15.2 Å². The maximum atomic E-state index is 12.1. The normalized spacial score (nSPS) is 19.1. The van der Waals surface area contributed by atoms with Crippen molar-refractivity contribution in [3.63, 3.8) is 0 Å². The van der Waals surface area contributed by atoms with Crippen molar-refractivity contribution in [2.24, 2.45) is 0 Å². The molecule has 0 spiro atoms. The smallest absolute Gasteiger partial charge is 0.345 e. The van der Waals surface area contributed by atoms with Crippen LogP contribution in [0.1, 0.15) is 13.3 Å². The van der Waals surface area contributed by atoms with E-state index >= 15 is 0 Å². The second kappa shape index (κ2) is 6.17. The molecule has 9 heteroatoms. The first-order chi connectivity index (χ1) is 10.7. The van der Waals surface area contributed by atoms with Crippen molar-refractivity contribution < 1.29 is 27.9 Å². The molecular weight excluding hydrogens is 324 g/mol. The minimum absolute atomic E-state index is 0.0876. The maximum Gasteiger partial charge on any atom is 0.345 e. The summed E-state index contributed by atoms with van der Waals surface area (Å²) in [5, 5.41) is 11.5. The maximum absolute atomic E-state index is 12.1. The van der Waals surface area contributed by atoms with Crippen LogP contribution < -0.4 is 9.62 Å². The fraction of sp³-hybridized carbons (Fsp3) is 0.429. The lowest BCUT2D eigenvalue weighted by Crippen LogP contribution is -2.48. The Kier molecular flexibility index (Phi) is 4.62. The third-order valence-electron chi connectivity index (χ3n) is 3.74. The van der Waals surface area contributed by atoms with Gasteiger partial charge in [-0.1, -0.05) is 6.07 Å². The Hall–Kier alpha value is -2.13. The third kappa shape index (κ3) is 3.30. The number of aliphatic carboxylic acids is 1. The van der Waals surface area contributed by atoms with Gasteiger partial charge in [-0.2, -0.15) is 0 Å². The van der Waals surface area contributed by atoms with Crippen molar-refractivity contribution in [3.8, 4) is 0 Å². The number of nitrogens with one attached hydrogen (secondary N) is 1. The summed E-state index contributed by atoms with van der Waals surface area (Å²) in [6.45, 7) is 1.52. The number of sulfonamides is 1. The Labute approximate surface area is 134 Å². The van der Waals surface area contributed by atoms with Gasteiger partial charge in [0, 0.05) is 19.3 Å². The molecule has 1 fully saturated rings. The Morgan fingerprint density at radius 2 is 2.09 bits per heavy atom. The molecule has 1 heterocycles. The van der Waals surface area contributed by atoms with Gasteiger partial charge in [0.25, 0.3) is 5.91 Å². The van der Waals surface area contributed by atoms with E-state index < -0.39 is 27.5 Å². The van der Waals surface area contributed by atoms with Crippen LogP contribution in [0.4, 0.5) is 11.4 Å². The number of methoxy groups -OCH3 is 1. The van der Waals surface area contributed by atoms with Gasteiger partial charge in [0.15, 0.2) is 0 Å². The van der Waals surface area contributed by atoms with E-state index in [-0.39, 0.29) is 5.75 Å². The number of anilines is 2. The van der Waals surface area contributed by atoms with E-state index in [2.05, 4.69) is 5.32 Å². The van der Waals surface area contributed by atoms with Gasteiger partial charge in [0.1, 0.15) is 0 Å². The van der Waals surface area contributed by atoms with Gasteiger partial charge in [-0.15, -0.1) is 0 Å². The van der Waals surface area contributed by atoms with E-state index in [1.54, 1.807) is 18.2 Å². The summed E-state index contributed by atoms with van der Waals surface area (Å²) in [5.74, 6) is -2.19. The first-order valence-corrected chi connectivity index (χ1v) is 8.52. The van der Waals surface area contributed by atoms with Gasteiger partial charge in [-0.05, 0) is 31.5 Å². The third-order valence-corrected chi connectivity index (χ3v) is 5.61. The molecule has 1 aliphatic heterocycles. The number of ether oxygens (including phenoxy) is 1. The molecule has 1 unspecified atom stereocenters. The quantitative estimate of drug-likeness (QED) is 0.760. The fourth-order valence-electron chi connectivity index (χ4n) is 2.20. The minimum atomic E-state index is -3.33. The topological polar surface area (TPSA) is 113 Å². The standard InChI is InChI=1S/C14H18N2O6S/c1-14(22-2,13(18)19)12(17)15-10-5-3-6-11(9-10)16-7-4-8-23(16,20)21/h3,5-6,9H,4,7-8H2,1-2H3,(H,15,17)(H,18,19). The number of carbonyl (C=O) groups is 2. The molecule has 1 saturated heterocycles. The van der Waals surface area contributed by atoms with Gasteiger partial charge in [0.05, 0.1) is 11.4 Å². The molecule has 0 aliphatic carbocycles. The summed E-state index contributed by atoms with van der Waals surface area (Å²) in [6, 6.07) is 6.23. The van der Waals surface area contributed by atoms with Crippen LogP contribution in [-0.4, -0.2) is 50.4 Å². The van der Waals surface area contributed by atoms with Gasteiger partial charge in [0.2, 0.25) is 15.6 Å². The Morgan fingerprint density at radius 1 is 1.39 bits per heavy atom. The predicted molar refractivity (Wildman–Crippen MR) is 83.9 cm³/mol. The fourth-order valence-corrected chi connectivity index (χ4v) is 3.75. The zero-order valence-corrected chi connectivity index (χ0v) is 13.6. The van der Waals surface area contributed by atoms with E-state index in [4.69, 9.17) is 9.84 Å². The van der Waals surface area contributed by atoms with Crippen LogP contribution >= 0.6 is 0 Å². The summed E-state index contributed by atoms with van der Waals surface area (Å²) >= 11 is 0. The number of hydrogen-bond acceptors (Lipinski definition) is 5. The van der Waals surface area contributed by atoms with Crippen molar-refractivity contribution >= 4 is 33.3 Å². The second-order valence-corrected chi connectivity index (χ2v) is 7.30. The Bertz CT molecular complexity index is 733. The molecular formula is C14H18N2O6S. The predicted octanol–water partition coefficient (Wildman–Crippen LogP) is 0.655. The van der Waals surface area contributed by atoms with Crippen LogP contribution in [0.5, 0.6) is 0 Å². The van der Waals surface area contributed by atoms with Crippen LogP contribution in [-0.2, 0) is 24.3 Å². The lowest BCUT2D eigenvalue weighted by Gasteiger charge is -2.22. The zero-order valence-electron chi connectivity index (χ0n) is 12.8. The number of nitrogens with zero attached hydrogens (tertiary/aromatic N) is 1. The average molecular weight is 342 g/mol. The van der Waals surface area contributed by atoms with Crippen LogP contribution in [0, 0.1) is 0 Å². The molecule has 1 aromatic carbocycles. The number of carboxylic acid groups (broad SMARTS) is 1.